The predicted octanol–water partition coefficient (Wildman–Crippen LogP) is 3.05. The van der Waals surface area contributed by atoms with Gasteiger partial charge in [0.05, 0.1) is 5.75 Å². The third-order valence-electron chi connectivity index (χ3n) is 2.90. The van der Waals surface area contributed by atoms with Crippen LogP contribution in [0.15, 0.2) is 30.3 Å². The summed E-state index contributed by atoms with van der Waals surface area (Å²) in [6.07, 6.45) is 3.23. The maximum absolute atomic E-state index is 11.7. The molecule has 4 nitrogen and oxygen atoms in total. The highest BCUT2D eigenvalue weighted by molar-refractivity contribution is 7.99. The van der Waals surface area contributed by atoms with E-state index in [0.717, 1.165) is 30.7 Å². The second kappa shape index (κ2) is 11.2. The summed E-state index contributed by atoms with van der Waals surface area (Å²) in [4.78, 5) is 23.0. The third-order valence-corrected chi connectivity index (χ3v) is 3.77. The smallest absolute Gasteiger partial charge is 0.229 e. The number of hydrogen-bond donors (Lipinski definition) is 2. The molecule has 5 heteroatoms. The van der Waals surface area contributed by atoms with Gasteiger partial charge < -0.3 is 10.6 Å². The van der Waals surface area contributed by atoms with Gasteiger partial charge in [-0.25, -0.2) is 0 Å². The number of unbranched alkanes of at least 4 members (excludes halogenated alkanes) is 2. The number of rotatable bonds is 10. The first-order valence-corrected chi connectivity index (χ1v) is 8.57. The first-order chi connectivity index (χ1) is 10.2. The van der Waals surface area contributed by atoms with E-state index in [-0.39, 0.29) is 11.8 Å². The number of amides is 2. The Morgan fingerprint density at radius 3 is 2.52 bits per heavy atom. The van der Waals surface area contributed by atoms with Gasteiger partial charge in [-0.2, -0.15) is 11.8 Å². The summed E-state index contributed by atoms with van der Waals surface area (Å²) in [5.74, 6) is 1.65. The van der Waals surface area contributed by atoms with Crippen LogP contribution in [0.1, 0.15) is 32.6 Å². The van der Waals surface area contributed by atoms with Crippen LogP contribution in [0.2, 0.25) is 0 Å². The summed E-state index contributed by atoms with van der Waals surface area (Å²) in [6.45, 7) is 2.74. The quantitative estimate of drug-likeness (QED) is 0.653. The zero-order valence-electron chi connectivity index (χ0n) is 12.6. The average molecular weight is 308 g/mol. The lowest BCUT2D eigenvalue weighted by Gasteiger charge is -2.06. The van der Waals surface area contributed by atoms with Crippen LogP contribution in [0.4, 0.5) is 5.69 Å². The molecule has 0 saturated carbocycles. The maximum atomic E-state index is 11.7. The van der Waals surface area contributed by atoms with Crippen LogP contribution in [0, 0.1) is 0 Å². The Hall–Kier alpha value is -1.49. The van der Waals surface area contributed by atoms with Gasteiger partial charge in [-0.05, 0) is 30.7 Å². The Morgan fingerprint density at radius 2 is 1.81 bits per heavy atom. The Kier molecular flexibility index (Phi) is 9.37. The van der Waals surface area contributed by atoms with Crippen molar-refractivity contribution in [1.82, 2.24) is 5.32 Å². The first-order valence-electron chi connectivity index (χ1n) is 7.41. The predicted molar refractivity (Wildman–Crippen MR) is 89.5 cm³/mol. The molecule has 0 aliphatic rings. The maximum Gasteiger partial charge on any atom is 0.229 e. The molecular formula is C16H24N2O2S. The van der Waals surface area contributed by atoms with Crippen LogP contribution < -0.4 is 10.6 Å². The van der Waals surface area contributed by atoms with E-state index >= 15 is 0 Å². The minimum atomic E-state index is 0.0459. The van der Waals surface area contributed by atoms with Gasteiger partial charge in [0.1, 0.15) is 0 Å². The lowest BCUT2D eigenvalue weighted by molar-refractivity contribution is -0.118. The molecule has 116 valence electrons. The summed E-state index contributed by atoms with van der Waals surface area (Å²) < 4.78 is 0. The zero-order valence-corrected chi connectivity index (χ0v) is 13.4. The summed E-state index contributed by atoms with van der Waals surface area (Å²) >= 11 is 1.62. The highest BCUT2D eigenvalue weighted by Gasteiger charge is 2.02. The molecule has 1 aromatic carbocycles. The number of anilines is 1. The summed E-state index contributed by atoms with van der Waals surface area (Å²) in [7, 11) is 0. The van der Waals surface area contributed by atoms with Crippen LogP contribution >= 0.6 is 11.8 Å². The number of para-hydroxylation sites is 1. The van der Waals surface area contributed by atoms with Crippen LogP contribution in [-0.2, 0) is 9.59 Å². The third kappa shape index (κ3) is 9.13. The number of carbonyl (C=O) groups is 2. The number of nitrogens with one attached hydrogen (secondary N) is 2. The fourth-order valence-electron chi connectivity index (χ4n) is 1.81. The molecule has 1 rings (SSSR count). The highest BCUT2D eigenvalue weighted by atomic mass is 32.2. The Morgan fingerprint density at radius 1 is 1.05 bits per heavy atom. The number of benzene rings is 1. The van der Waals surface area contributed by atoms with Crippen LogP contribution in [0.3, 0.4) is 0 Å². The molecule has 0 heterocycles. The molecule has 0 bridgehead atoms. The fourth-order valence-corrected chi connectivity index (χ4v) is 2.30. The molecule has 1 aromatic rings. The minimum absolute atomic E-state index is 0.0459. The molecule has 0 aliphatic carbocycles. The van der Waals surface area contributed by atoms with Crippen molar-refractivity contribution in [3.8, 4) is 0 Å². The largest absolute Gasteiger partial charge is 0.355 e. The van der Waals surface area contributed by atoms with Crippen molar-refractivity contribution in [3.05, 3.63) is 30.3 Å². The number of carbonyl (C=O) groups excluding carboxylic acids is 2. The molecule has 21 heavy (non-hydrogen) atoms. The van der Waals surface area contributed by atoms with E-state index in [2.05, 4.69) is 10.6 Å². The summed E-state index contributed by atoms with van der Waals surface area (Å²) in [5, 5.41) is 5.75. The van der Waals surface area contributed by atoms with Gasteiger partial charge in [0.2, 0.25) is 11.8 Å². The van der Waals surface area contributed by atoms with Gasteiger partial charge in [0.15, 0.2) is 0 Å². The van der Waals surface area contributed by atoms with Crippen LogP contribution in [0.25, 0.3) is 0 Å². The van der Waals surface area contributed by atoms with Crippen molar-refractivity contribution in [2.45, 2.75) is 32.6 Å². The molecule has 2 amide bonds. The van der Waals surface area contributed by atoms with Crippen LogP contribution in [-0.4, -0.2) is 29.9 Å². The van der Waals surface area contributed by atoms with Crippen LogP contribution in [0.5, 0.6) is 0 Å². The van der Waals surface area contributed by atoms with Gasteiger partial charge >= 0.3 is 0 Å². The zero-order chi connectivity index (χ0) is 15.3. The van der Waals surface area contributed by atoms with E-state index in [9.17, 15) is 9.59 Å². The van der Waals surface area contributed by atoms with E-state index < -0.39 is 0 Å². The molecule has 0 saturated heterocycles. The number of hydrogen-bond acceptors (Lipinski definition) is 3. The molecule has 2 N–H and O–H groups in total. The Labute approximate surface area is 131 Å². The molecule has 0 fully saturated rings. The van der Waals surface area contributed by atoms with E-state index in [1.807, 2.05) is 37.3 Å². The summed E-state index contributed by atoms with van der Waals surface area (Å²) in [5.41, 5.74) is 0.836. The van der Waals surface area contributed by atoms with Crippen molar-refractivity contribution < 1.29 is 9.59 Å². The van der Waals surface area contributed by atoms with E-state index in [1.165, 1.54) is 0 Å². The summed E-state index contributed by atoms with van der Waals surface area (Å²) in [6, 6.07) is 9.47. The Bertz CT molecular complexity index is 424. The number of thioether (sulfide) groups is 1. The molecule has 0 unspecified atom stereocenters. The Balaban J connectivity index is 1.99. The minimum Gasteiger partial charge on any atom is -0.355 e. The highest BCUT2D eigenvalue weighted by Crippen LogP contribution is 2.07. The van der Waals surface area contributed by atoms with Crippen molar-refractivity contribution in [1.29, 1.82) is 0 Å². The molecule has 0 spiro atoms. The lowest BCUT2D eigenvalue weighted by atomic mass is 10.2. The second-order valence-corrected chi connectivity index (χ2v) is 5.99. The molecule has 0 aliphatic heterocycles. The van der Waals surface area contributed by atoms with Crippen molar-refractivity contribution in [2.24, 2.45) is 0 Å². The molecule has 0 atom stereocenters. The topological polar surface area (TPSA) is 58.2 Å². The van der Waals surface area contributed by atoms with E-state index in [1.54, 1.807) is 11.8 Å². The molecule has 0 aromatic heterocycles. The lowest BCUT2D eigenvalue weighted by Crippen LogP contribution is -2.26. The average Bonchev–Trinajstić information content (AvgIpc) is 2.49. The van der Waals surface area contributed by atoms with Crippen molar-refractivity contribution in [3.63, 3.8) is 0 Å². The monoisotopic (exact) mass is 308 g/mol. The fraction of sp³-hybridized carbons (Fsp3) is 0.500. The van der Waals surface area contributed by atoms with Gasteiger partial charge in [-0.1, -0.05) is 31.5 Å². The SMILES string of the molecule is CCSCC(=O)NCCCCCC(=O)Nc1ccccc1. The normalized spacial score (nSPS) is 10.1. The van der Waals surface area contributed by atoms with E-state index in [0.29, 0.717) is 18.7 Å². The molecular weight excluding hydrogens is 284 g/mol. The standard InChI is InChI=1S/C16H24N2O2S/c1-2-21-13-16(20)17-12-8-4-7-11-15(19)18-14-9-5-3-6-10-14/h3,5-6,9-10H,2,4,7-8,11-13H2,1H3,(H,17,20)(H,18,19). The van der Waals surface area contributed by atoms with Crippen molar-refractivity contribution in [2.75, 3.05) is 23.4 Å². The van der Waals surface area contributed by atoms with Gasteiger partial charge in [0.25, 0.3) is 0 Å². The second-order valence-electron chi connectivity index (χ2n) is 4.71. The van der Waals surface area contributed by atoms with Gasteiger partial charge in [-0.15, -0.1) is 0 Å². The van der Waals surface area contributed by atoms with Gasteiger partial charge in [0, 0.05) is 18.7 Å². The molecule has 0 radical (unpaired) electrons. The van der Waals surface area contributed by atoms with Gasteiger partial charge in [-0.3, -0.25) is 9.59 Å². The first kappa shape index (κ1) is 17.6. The van der Waals surface area contributed by atoms with E-state index in [4.69, 9.17) is 0 Å². The van der Waals surface area contributed by atoms with Crippen molar-refractivity contribution >= 4 is 29.3 Å².